The number of piperazine rings is 2. The van der Waals surface area contributed by atoms with Crippen LogP contribution in [0.2, 0.25) is 0 Å². The van der Waals surface area contributed by atoms with Gasteiger partial charge in [-0.3, -0.25) is 14.6 Å². The van der Waals surface area contributed by atoms with Crippen LogP contribution in [0.4, 0.5) is 9.59 Å². The summed E-state index contributed by atoms with van der Waals surface area (Å²) >= 11 is 0. The molecule has 3 heterocycles. The second kappa shape index (κ2) is 9.40. The number of amides is 2. The van der Waals surface area contributed by atoms with Crippen LogP contribution in [0.1, 0.15) is 23.2 Å². The molecule has 35 heavy (non-hydrogen) atoms. The zero-order valence-corrected chi connectivity index (χ0v) is 18.9. The number of hydrogen-bond acceptors (Lipinski definition) is 6. The Balaban J connectivity index is 1.79. The normalized spacial score (nSPS) is 20.7. The lowest BCUT2D eigenvalue weighted by Gasteiger charge is -2.39. The fraction of sp³-hybridized carbons (Fsp3) is 0.320. The van der Waals surface area contributed by atoms with Crippen molar-refractivity contribution in [3.63, 3.8) is 0 Å². The molecule has 3 aromatic rings. The summed E-state index contributed by atoms with van der Waals surface area (Å²) in [6, 6.07) is 12.8. The third kappa shape index (κ3) is 4.22. The molecule has 2 fully saturated rings. The van der Waals surface area contributed by atoms with E-state index in [4.69, 9.17) is 4.42 Å². The maximum atomic E-state index is 13.2. The fourth-order valence-corrected chi connectivity index (χ4v) is 5.04. The van der Waals surface area contributed by atoms with Gasteiger partial charge in [0.05, 0.1) is 17.5 Å². The Morgan fingerprint density at radius 3 is 2.17 bits per heavy atom. The van der Waals surface area contributed by atoms with Crippen LogP contribution in [-0.2, 0) is 0 Å². The molecule has 1 aromatic heterocycles. The third-order valence-corrected chi connectivity index (χ3v) is 6.70. The van der Waals surface area contributed by atoms with Crippen molar-refractivity contribution >= 4 is 23.2 Å². The van der Waals surface area contributed by atoms with Gasteiger partial charge in [-0.05, 0) is 11.6 Å². The predicted octanol–water partition coefficient (Wildman–Crippen LogP) is 2.71. The second-order valence-electron chi connectivity index (χ2n) is 8.68. The summed E-state index contributed by atoms with van der Waals surface area (Å²) in [5.41, 5.74) is 1.89. The highest BCUT2D eigenvalue weighted by atomic mass is 16.4. The first-order valence-electron chi connectivity index (χ1n) is 11.5. The maximum absolute atomic E-state index is 13.2. The molecule has 5 rings (SSSR count). The van der Waals surface area contributed by atoms with E-state index in [0.29, 0.717) is 54.0 Å². The van der Waals surface area contributed by atoms with Crippen molar-refractivity contribution in [2.45, 2.75) is 12.1 Å². The SMILES string of the molecule is O=C(O)N1CCNCC1c1ccc2c(=O)cc(-c3ccccc3)oc2c1C1CNCCN1C(=O)O. The van der Waals surface area contributed by atoms with Crippen molar-refractivity contribution < 1.29 is 24.2 Å². The van der Waals surface area contributed by atoms with Gasteiger partial charge >= 0.3 is 12.2 Å². The van der Waals surface area contributed by atoms with Crippen LogP contribution >= 0.6 is 0 Å². The van der Waals surface area contributed by atoms with Gasteiger partial charge in [-0.2, -0.15) is 0 Å². The predicted molar refractivity (Wildman–Crippen MR) is 129 cm³/mol. The Morgan fingerprint density at radius 1 is 0.886 bits per heavy atom. The molecule has 2 saturated heterocycles. The molecule has 2 amide bonds. The van der Waals surface area contributed by atoms with Crippen LogP contribution in [0, 0.1) is 0 Å². The minimum absolute atomic E-state index is 0.250. The molecule has 0 spiro atoms. The van der Waals surface area contributed by atoms with Gasteiger partial charge in [0.1, 0.15) is 11.3 Å². The summed E-state index contributed by atoms with van der Waals surface area (Å²) in [5.74, 6) is 0.365. The summed E-state index contributed by atoms with van der Waals surface area (Å²) in [7, 11) is 0. The zero-order chi connectivity index (χ0) is 24.5. The van der Waals surface area contributed by atoms with Gasteiger partial charge in [0.15, 0.2) is 5.43 Å². The largest absolute Gasteiger partial charge is 0.465 e. The van der Waals surface area contributed by atoms with E-state index in [-0.39, 0.29) is 24.1 Å². The number of nitrogens with zero attached hydrogens (tertiary/aromatic N) is 2. The van der Waals surface area contributed by atoms with Crippen LogP contribution in [0.25, 0.3) is 22.3 Å². The van der Waals surface area contributed by atoms with Gasteiger partial charge in [0, 0.05) is 56.5 Å². The van der Waals surface area contributed by atoms with Crippen LogP contribution in [0.5, 0.6) is 0 Å². The molecule has 2 aliphatic rings. The molecular weight excluding hydrogens is 452 g/mol. The average molecular weight is 479 g/mol. The van der Waals surface area contributed by atoms with E-state index in [2.05, 4.69) is 10.6 Å². The number of rotatable bonds is 3. The topological polar surface area (TPSA) is 135 Å². The molecule has 0 saturated carbocycles. The lowest BCUT2D eigenvalue weighted by Crippen LogP contribution is -2.50. The molecule has 2 aliphatic heterocycles. The monoisotopic (exact) mass is 478 g/mol. The standard InChI is InChI=1S/C25H26N4O6/c30-20-12-21(15-4-2-1-3-5-15)35-23-17(20)7-6-16(18-13-26-8-10-28(18)24(31)32)22(23)19-14-27-9-11-29(19)25(33)34/h1-7,12,18-19,26-27H,8-11,13-14H2,(H,31,32)(H,33,34). The van der Waals surface area contributed by atoms with Crippen LogP contribution < -0.4 is 16.1 Å². The number of fused-ring (bicyclic) bond motifs is 1. The fourth-order valence-electron chi connectivity index (χ4n) is 5.04. The minimum atomic E-state index is -1.09. The number of nitrogens with one attached hydrogen (secondary N) is 2. The van der Waals surface area contributed by atoms with Crippen molar-refractivity contribution in [3.05, 3.63) is 69.9 Å². The van der Waals surface area contributed by atoms with E-state index < -0.39 is 24.3 Å². The van der Waals surface area contributed by atoms with Gasteiger partial charge in [0.25, 0.3) is 0 Å². The minimum Gasteiger partial charge on any atom is -0.465 e. The first kappa shape index (κ1) is 22.9. The van der Waals surface area contributed by atoms with Gasteiger partial charge in [-0.1, -0.05) is 36.4 Å². The van der Waals surface area contributed by atoms with Crippen LogP contribution in [0.15, 0.2) is 57.7 Å². The van der Waals surface area contributed by atoms with E-state index in [1.807, 2.05) is 30.3 Å². The molecule has 10 nitrogen and oxygen atoms in total. The smallest absolute Gasteiger partial charge is 0.407 e. The van der Waals surface area contributed by atoms with Gasteiger partial charge in [-0.15, -0.1) is 0 Å². The van der Waals surface area contributed by atoms with E-state index in [9.17, 15) is 24.6 Å². The van der Waals surface area contributed by atoms with E-state index in [1.165, 1.54) is 15.9 Å². The Morgan fingerprint density at radius 2 is 1.51 bits per heavy atom. The number of benzene rings is 2. The highest BCUT2D eigenvalue weighted by Gasteiger charge is 2.37. The molecule has 2 unspecified atom stereocenters. The summed E-state index contributed by atoms with van der Waals surface area (Å²) in [4.78, 5) is 40.1. The molecular formula is C25H26N4O6. The van der Waals surface area contributed by atoms with Crippen LogP contribution in [0.3, 0.4) is 0 Å². The van der Waals surface area contributed by atoms with Crippen molar-refractivity contribution in [2.75, 3.05) is 39.3 Å². The molecule has 4 N–H and O–H groups in total. The number of hydrogen-bond donors (Lipinski definition) is 4. The van der Waals surface area contributed by atoms with E-state index in [1.54, 1.807) is 12.1 Å². The Kier molecular flexibility index (Phi) is 6.14. The average Bonchev–Trinajstić information content (AvgIpc) is 2.88. The van der Waals surface area contributed by atoms with E-state index in [0.717, 1.165) is 0 Å². The van der Waals surface area contributed by atoms with E-state index >= 15 is 0 Å². The van der Waals surface area contributed by atoms with Gasteiger partial charge < -0.3 is 25.3 Å². The summed E-state index contributed by atoms with van der Waals surface area (Å²) < 4.78 is 6.33. The summed E-state index contributed by atoms with van der Waals surface area (Å²) in [6.07, 6.45) is -2.14. The second-order valence-corrected chi connectivity index (χ2v) is 8.68. The first-order chi connectivity index (χ1) is 17.0. The molecule has 0 aliphatic carbocycles. The molecule has 2 atom stereocenters. The van der Waals surface area contributed by atoms with Crippen molar-refractivity contribution in [1.82, 2.24) is 20.4 Å². The highest BCUT2D eigenvalue weighted by Crippen LogP contribution is 2.38. The van der Waals surface area contributed by atoms with Crippen molar-refractivity contribution in [3.8, 4) is 11.3 Å². The highest BCUT2D eigenvalue weighted by molar-refractivity contribution is 5.84. The van der Waals surface area contributed by atoms with Crippen molar-refractivity contribution in [2.24, 2.45) is 0 Å². The Labute approximate surface area is 200 Å². The molecule has 10 heteroatoms. The Bertz CT molecular complexity index is 1320. The molecule has 182 valence electrons. The number of carbonyl (C=O) groups is 2. The molecule has 0 bridgehead atoms. The first-order valence-corrected chi connectivity index (χ1v) is 11.5. The van der Waals surface area contributed by atoms with Crippen molar-refractivity contribution in [1.29, 1.82) is 0 Å². The zero-order valence-electron chi connectivity index (χ0n) is 18.9. The van der Waals surface area contributed by atoms with Gasteiger partial charge in [-0.25, -0.2) is 9.59 Å². The lowest BCUT2D eigenvalue weighted by atomic mass is 9.89. The maximum Gasteiger partial charge on any atom is 0.407 e. The summed E-state index contributed by atoms with van der Waals surface area (Å²) in [5, 5.41) is 26.6. The molecule has 2 aromatic carbocycles. The van der Waals surface area contributed by atoms with Gasteiger partial charge in [0.2, 0.25) is 0 Å². The number of carboxylic acid groups (broad SMARTS) is 2. The lowest BCUT2D eigenvalue weighted by molar-refractivity contribution is 0.104. The quantitative estimate of drug-likeness (QED) is 0.451. The van der Waals surface area contributed by atoms with Crippen LogP contribution in [-0.4, -0.2) is 71.5 Å². The molecule has 0 radical (unpaired) electrons. The Hall–Kier alpha value is -3.89. The third-order valence-electron chi connectivity index (χ3n) is 6.70. The summed E-state index contributed by atoms with van der Waals surface area (Å²) in [6.45, 7) is 2.23.